The Morgan fingerprint density at radius 2 is 2.06 bits per heavy atom. The van der Waals surface area contributed by atoms with Gasteiger partial charge in [-0.3, -0.25) is 4.79 Å². The van der Waals surface area contributed by atoms with E-state index in [0.29, 0.717) is 18.0 Å². The Kier molecular flexibility index (Phi) is 3.21. The molecule has 82 valence electrons. The lowest BCUT2D eigenvalue weighted by atomic mass is 9.93. The van der Waals surface area contributed by atoms with Crippen molar-refractivity contribution >= 4 is 5.91 Å². The van der Waals surface area contributed by atoms with Gasteiger partial charge in [-0.1, -0.05) is 12.1 Å². The minimum absolute atomic E-state index is 0.0782. The number of benzene rings is 1. The summed E-state index contributed by atoms with van der Waals surface area (Å²) in [6.45, 7) is 0. The second-order valence-electron chi connectivity index (χ2n) is 4.18. The molecule has 1 aromatic rings. The number of nitrogens with one attached hydrogen (secondary N) is 1. The summed E-state index contributed by atoms with van der Waals surface area (Å²) in [6, 6.07) is 9.60. The summed E-state index contributed by atoms with van der Waals surface area (Å²) in [5.41, 5.74) is 1.58. The standard InChI is InChI=1S/C13H14N2O/c14-9-11-6-4-10(5-7-11)8-13(16)15-12-2-1-3-12/h4-7,12H,1-3,8H2,(H,15,16). The van der Waals surface area contributed by atoms with Crippen LogP contribution in [0.25, 0.3) is 0 Å². The molecule has 1 aliphatic carbocycles. The zero-order chi connectivity index (χ0) is 11.4. The van der Waals surface area contributed by atoms with Gasteiger partial charge in [-0.05, 0) is 37.0 Å². The molecule has 1 amide bonds. The normalized spacial score (nSPS) is 14.9. The fourth-order valence-corrected chi connectivity index (χ4v) is 1.71. The number of nitrogens with zero attached hydrogens (tertiary/aromatic N) is 1. The van der Waals surface area contributed by atoms with Crippen LogP contribution < -0.4 is 5.32 Å². The van der Waals surface area contributed by atoms with E-state index in [1.54, 1.807) is 12.1 Å². The van der Waals surface area contributed by atoms with Crippen molar-refractivity contribution in [3.8, 4) is 6.07 Å². The van der Waals surface area contributed by atoms with Crippen LogP contribution in [0.1, 0.15) is 30.4 Å². The van der Waals surface area contributed by atoms with E-state index >= 15 is 0 Å². The summed E-state index contributed by atoms with van der Waals surface area (Å²) in [5, 5.41) is 11.6. The van der Waals surface area contributed by atoms with Crippen LogP contribution in [0.2, 0.25) is 0 Å². The van der Waals surface area contributed by atoms with Crippen molar-refractivity contribution in [2.75, 3.05) is 0 Å². The smallest absolute Gasteiger partial charge is 0.224 e. The van der Waals surface area contributed by atoms with E-state index in [0.717, 1.165) is 18.4 Å². The zero-order valence-corrected chi connectivity index (χ0v) is 9.07. The summed E-state index contributed by atoms with van der Waals surface area (Å²) in [5.74, 6) is 0.0782. The van der Waals surface area contributed by atoms with Crippen LogP contribution in [-0.4, -0.2) is 11.9 Å². The third-order valence-corrected chi connectivity index (χ3v) is 2.92. The number of hydrogen-bond donors (Lipinski definition) is 1. The molecule has 3 heteroatoms. The van der Waals surface area contributed by atoms with Crippen LogP contribution in [0.3, 0.4) is 0 Å². The lowest BCUT2D eigenvalue weighted by molar-refractivity contribution is -0.121. The molecule has 1 aliphatic rings. The Morgan fingerprint density at radius 1 is 1.38 bits per heavy atom. The average molecular weight is 214 g/mol. The van der Waals surface area contributed by atoms with Gasteiger partial charge in [-0.2, -0.15) is 5.26 Å². The molecule has 1 fully saturated rings. The lowest BCUT2D eigenvalue weighted by Gasteiger charge is -2.26. The molecule has 0 heterocycles. The number of nitriles is 1. The minimum Gasteiger partial charge on any atom is -0.353 e. The van der Waals surface area contributed by atoms with Gasteiger partial charge in [0.05, 0.1) is 18.1 Å². The molecular weight excluding hydrogens is 200 g/mol. The maximum atomic E-state index is 11.6. The maximum Gasteiger partial charge on any atom is 0.224 e. The van der Waals surface area contributed by atoms with Gasteiger partial charge in [0.2, 0.25) is 5.91 Å². The maximum absolute atomic E-state index is 11.6. The molecule has 0 aromatic heterocycles. The Morgan fingerprint density at radius 3 is 2.56 bits per heavy atom. The largest absolute Gasteiger partial charge is 0.353 e. The van der Waals surface area contributed by atoms with E-state index in [9.17, 15) is 4.79 Å². The van der Waals surface area contributed by atoms with Crippen molar-refractivity contribution < 1.29 is 4.79 Å². The van der Waals surface area contributed by atoms with Crippen LogP contribution in [0.5, 0.6) is 0 Å². The second kappa shape index (κ2) is 4.80. The molecule has 1 saturated carbocycles. The van der Waals surface area contributed by atoms with Crippen molar-refractivity contribution in [1.29, 1.82) is 5.26 Å². The molecule has 1 aromatic carbocycles. The molecular formula is C13H14N2O. The van der Waals surface area contributed by atoms with Gasteiger partial charge in [0.25, 0.3) is 0 Å². The van der Waals surface area contributed by atoms with Crippen LogP contribution >= 0.6 is 0 Å². The molecule has 0 unspecified atom stereocenters. The van der Waals surface area contributed by atoms with Gasteiger partial charge in [0, 0.05) is 6.04 Å². The SMILES string of the molecule is N#Cc1ccc(CC(=O)NC2CCC2)cc1. The van der Waals surface area contributed by atoms with Gasteiger partial charge in [0.1, 0.15) is 0 Å². The topological polar surface area (TPSA) is 52.9 Å². The molecule has 3 nitrogen and oxygen atoms in total. The van der Waals surface area contributed by atoms with Crippen LogP contribution in [0.4, 0.5) is 0 Å². The predicted molar refractivity (Wildman–Crippen MR) is 60.6 cm³/mol. The van der Waals surface area contributed by atoms with E-state index in [1.165, 1.54) is 6.42 Å². The number of amides is 1. The highest BCUT2D eigenvalue weighted by molar-refractivity contribution is 5.78. The van der Waals surface area contributed by atoms with Gasteiger partial charge in [-0.15, -0.1) is 0 Å². The summed E-state index contributed by atoms with van der Waals surface area (Å²) in [4.78, 5) is 11.6. The third-order valence-electron chi connectivity index (χ3n) is 2.92. The Bertz CT molecular complexity index is 413. The molecule has 2 rings (SSSR count). The van der Waals surface area contributed by atoms with E-state index in [2.05, 4.69) is 11.4 Å². The summed E-state index contributed by atoms with van der Waals surface area (Å²) in [6.07, 6.45) is 3.85. The van der Waals surface area contributed by atoms with Crippen molar-refractivity contribution in [2.45, 2.75) is 31.7 Å². The van der Waals surface area contributed by atoms with Gasteiger partial charge in [0.15, 0.2) is 0 Å². The Labute approximate surface area is 95.1 Å². The molecule has 1 N–H and O–H groups in total. The fourth-order valence-electron chi connectivity index (χ4n) is 1.71. The number of rotatable bonds is 3. The quantitative estimate of drug-likeness (QED) is 0.833. The second-order valence-corrected chi connectivity index (χ2v) is 4.18. The first kappa shape index (κ1) is 10.7. The molecule has 0 bridgehead atoms. The Hall–Kier alpha value is -1.82. The third kappa shape index (κ3) is 2.60. The van der Waals surface area contributed by atoms with Crippen molar-refractivity contribution in [3.63, 3.8) is 0 Å². The van der Waals surface area contributed by atoms with E-state index < -0.39 is 0 Å². The molecule has 0 radical (unpaired) electrons. The fraction of sp³-hybridized carbons (Fsp3) is 0.385. The highest BCUT2D eigenvalue weighted by Crippen LogP contribution is 2.18. The summed E-state index contributed by atoms with van der Waals surface area (Å²) >= 11 is 0. The molecule has 0 atom stereocenters. The first-order valence-corrected chi connectivity index (χ1v) is 5.56. The number of carbonyl (C=O) groups is 1. The van der Waals surface area contributed by atoms with Crippen molar-refractivity contribution in [2.24, 2.45) is 0 Å². The monoisotopic (exact) mass is 214 g/mol. The first-order valence-electron chi connectivity index (χ1n) is 5.56. The highest BCUT2D eigenvalue weighted by Gasteiger charge is 2.19. The lowest BCUT2D eigenvalue weighted by Crippen LogP contribution is -2.40. The molecule has 0 aliphatic heterocycles. The molecule has 0 spiro atoms. The van der Waals surface area contributed by atoms with Gasteiger partial charge >= 0.3 is 0 Å². The zero-order valence-electron chi connectivity index (χ0n) is 9.07. The van der Waals surface area contributed by atoms with Crippen molar-refractivity contribution in [1.82, 2.24) is 5.32 Å². The summed E-state index contributed by atoms with van der Waals surface area (Å²) in [7, 11) is 0. The van der Waals surface area contributed by atoms with Gasteiger partial charge in [-0.25, -0.2) is 0 Å². The van der Waals surface area contributed by atoms with Crippen LogP contribution in [-0.2, 0) is 11.2 Å². The average Bonchev–Trinajstić information content (AvgIpc) is 2.25. The Balaban J connectivity index is 1.87. The summed E-state index contributed by atoms with van der Waals surface area (Å²) < 4.78 is 0. The van der Waals surface area contributed by atoms with E-state index in [4.69, 9.17) is 5.26 Å². The van der Waals surface area contributed by atoms with Crippen molar-refractivity contribution in [3.05, 3.63) is 35.4 Å². The molecule has 0 saturated heterocycles. The highest BCUT2D eigenvalue weighted by atomic mass is 16.1. The minimum atomic E-state index is 0.0782. The van der Waals surface area contributed by atoms with Gasteiger partial charge < -0.3 is 5.32 Å². The number of hydrogen-bond acceptors (Lipinski definition) is 2. The van der Waals surface area contributed by atoms with E-state index in [-0.39, 0.29) is 5.91 Å². The predicted octanol–water partition coefficient (Wildman–Crippen LogP) is 1.77. The van der Waals surface area contributed by atoms with Crippen LogP contribution in [0.15, 0.2) is 24.3 Å². The van der Waals surface area contributed by atoms with Crippen LogP contribution in [0, 0.1) is 11.3 Å². The van der Waals surface area contributed by atoms with E-state index in [1.807, 2.05) is 12.1 Å². The first-order chi connectivity index (χ1) is 7.78. The molecule has 16 heavy (non-hydrogen) atoms. The number of carbonyl (C=O) groups excluding carboxylic acids is 1.